The Morgan fingerprint density at radius 3 is 2.41 bits per heavy atom. The van der Waals surface area contributed by atoms with E-state index in [-0.39, 0.29) is 34.3 Å². The maximum absolute atomic E-state index is 14.4. The van der Waals surface area contributed by atoms with Gasteiger partial charge in [0.1, 0.15) is 11.4 Å². The first-order valence-corrected chi connectivity index (χ1v) is 11.5. The fourth-order valence-electron chi connectivity index (χ4n) is 4.46. The first kappa shape index (κ1) is 24.4. The molecule has 3 aromatic rings. The van der Waals surface area contributed by atoms with E-state index in [0.717, 1.165) is 29.9 Å². The van der Waals surface area contributed by atoms with Gasteiger partial charge in [-0.25, -0.2) is 0 Å². The number of rotatable bonds is 5. The van der Waals surface area contributed by atoms with Crippen LogP contribution in [0.4, 0.5) is 13.2 Å². The molecule has 1 aromatic heterocycles. The second-order valence-corrected chi connectivity index (χ2v) is 9.23. The van der Waals surface area contributed by atoms with Crippen LogP contribution in [0.2, 0.25) is 10.0 Å². The fourth-order valence-corrected chi connectivity index (χ4v) is 4.93. The third-order valence-corrected chi connectivity index (χ3v) is 6.62. The highest BCUT2D eigenvalue weighted by Crippen LogP contribution is 2.40. The van der Waals surface area contributed by atoms with Gasteiger partial charge in [-0.05, 0) is 48.7 Å². The third-order valence-electron chi connectivity index (χ3n) is 6.03. The molecule has 0 radical (unpaired) electrons. The Bertz CT molecular complexity index is 1260. The van der Waals surface area contributed by atoms with E-state index in [0.29, 0.717) is 23.4 Å². The van der Waals surface area contributed by atoms with Crippen LogP contribution in [0.15, 0.2) is 36.4 Å². The molecule has 0 atom stereocenters. The van der Waals surface area contributed by atoms with Crippen molar-refractivity contribution in [2.75, 3.05) is 0 Å². The summed E-state index contributed by atoms with van der Waals surface area (Å²) in [4.78, 5) is 25.9. The first-order valence-electron chi connectivity index (χ1n) is 10.8. The summed E-state index contributed by atoms with van der Waals surface area (Å²) in [5, 5.41) is 12.9. The van der Waals surface area contributed by atoms with E-state index in [1.807, 2.05) is 0 Å². The standard InChI is InChI=1S/C24H21Cl2F3N2O3/c25-14-7-6-13(18(26)10-14)12-31-19-9-8-16(32)11-17(19)20(22(31)24(27,28)29)21(33)23(34)30-15-4-2-1-3-5-15/h6-11,15,32H,1-5,12H2,(H,30,34). The molecule has 0 aliphatic heterocycles. The lowest BCUT2D eigenvalue weighted by Crippen LogP contribution is -2.40. The van der Waals surface area contributed by atoms with E-state index < -0.39 is 29.1 Å². The molecule has 2 aromatic carbocycles. The number of phenols is 1. The van der Waals surface area contributed by atoms with E-state index in [1.54, 1.807) is 0 Å². The number of hydrogen-bond donors (Lipinski definition) is 2. The average molecular weight is 513 g/mol. The van der Waals surface area contributed by atoms with Crippen LogP contribution in [0.1, 0.15) is 53.7 Å². The number of nitrogens with one attached hydrogen (secondary N) is 1. The van der Waals surface area contributed by atoms with Gasteiger partial charge in [0.05, 0.1) is 5.56 Å². The number of phenolic OH excluding ortho intramolecular Hbond substituents is 1. The van der Waals surface area contributed by atoms with Gasteiger partial charge in [0.15, 0.2) is 0 Å². The Balaban J connectivity index is 1.85. The number of fused-ring (bicyclic) bond motifs is 1. The number of nitrogens with zero attached hydrogens (tertiary/aromatic N) is 1. The monoisotopic (exact) mass is 512 g/mol. The van der Waals surface area contributed by atoms with Crippen LogP contribution in [0.25, 0.3) is 10.9 Å². The van der Waals surface area contributed by atoms with Crippen molar-refractivity contribution in [2.24, 2.45) is 0 Å². The molecule has 0 spiro atoms. The first-order chi connectivity index (χ1) is 16.1. The van der Waals surface area contributed by atoms with Gasteiger partial charge in [0.2, 0.25) is 0 Å². The van der Waals surface area contributed by atoms with Crippen LogP contribution in [-0.2, 0) is 17.5 Å². The van der Waals surface area contributed by atoms with Crippen molar-refractivity contribution >= 4 is 45.8 Å². The van der Waals surface area contributed by atoms with Crippen LogP contribution < -0.4 is 5.32 Å². The lowest BCUT2D eigenvalue weighted by atomic mass is 9.95. The van der Waals surface area contributed by atoms with Crippen LogP contribution in [0, 0.1) is 0 Å². The molecule has 1 heterocycles. The van der Waals surface area contributed by atoms with Crippen molar-refractivity contribution in [3.05, 3.63) is 63.3 Å². The molecule has 0 unspecified atom stereocenters. The predicted molar refractivity (Wildman–Crippen MR) is 124 cm³/mol. The number of halogens is 5. The molecule has 1 saturated carbocycles. The molecule has 4 rings (SSSR count). The summed E-state index contributed by atoms with van der Waals surface area (Å²) in [6, 6.07) is 7.71. The molecular weight excluding hydrogens is 492 g/mol. The number of aromatic nitrogens is 1. The number of aromatic hydroxyl groups is 1. The molecule has 34 heavy (non-hydrogen) atoms. The van der Waals surface area contributed by atoms with Crippen molar-refractivity contribution in [3.63, 3.8) is 0 Å². The van der Waals surface area contributed by atoms with Gasteiger partial charge < -0.3 is 15.0 Å². The smallest absolute Gasteiger partial charge is 0.432 e. The van der Waals surface area contributed by atoms with Gasteiger partial charge in [0.25, 0.3) is 11.7 Å². The zero-order valence-electron chi connectivity index (χ0n) is 17.9. The van der Waals surface area contributed by atoms with E-state index in [9.17, 15) is 27.9 Å². The molecule has 0 saturated heterocycles. The fraction of sp³-hybridized carbons (Fsp3) is 0.333. The summed E-state index contributed by atoms with van der Waals surface area (Å²) in [6.45, 7) is -0.330. The summed E-state index contributed by atoms with van der Waals surface area (Å²) in [7, 11) is 0. The van der Waals surface area contributed by atoms with Gasteiger partial charge in [-0.1, -0.05) is 48.5 Å². The van der Waals surface area contributed by atoms with Gasteiger partial charge in [-0.15, -0.1) is 0 Å². The van der Waals surface area contributed by atoms with Gasteiger partial charge in [0, 0.05) is 33.5 Å². The van der Waals surface area contributed by atoms with E-state index in [4.69, 9.17) is 23.2 Å². The lowest BCUT2D eigenvalue weighted by molar-refractivity contribution is -0.143. The maximum Gasteiger partial charge on any atom is 0.432 e. The number of carbonyl (C=O) groups excluding carboxylic acids is 2. The minimum atomic E-state index is -4.97. The van der Waals surface area contributed by atoms with Crippen molar-refractivity contribution < 1.29 is 27.9 Å². The van der Waals surface area contributed by atoms with Crippen molar-refractivity contribution in [1.82, 2.24) is 9.88 Å². The van der Waals surface area contributed by atoms with Crippen molar-refractivity contribution in [3.8, 4) is 5.75 Å². The Hall–Kier alpha value is -2.71. The van der Waals surface area contributed by atoms with E-state index in [1.165, 1.54) is 30.3 Å². The second kappa shape index (κ2) is 9.50. The predicted octanol–water partition coefficient (Wildman–Crippen LogP) is 6.35. The Morgan fingerprint density at radius 2 is 1.76 bits per heavy atom. The molecule has 1 amide bonds. The topological polar surface area (TPSA) is 71.3 Å². The summed E-state index contributed by atoms with van der Waals surface area (Å²) >= 11 is 12.1. The highest BCUT2D eigenvalue weighted by atomic mass is 35.5. The number of Topliss-reactive ketones (excluding diaryl/α,β-unsaturated/α-hetero) is 1. The van der Waals surface area contributed by atoms with Crippen molar-refractivity contribution in [2.45, 2.75) is 50.9 Å². The van der Waals surface area contributed by atoms with Gasteiger partial charge in [-0.3, -0.25) is 9.59 Å². The number of hydrogen-bond acceptors (Lipinski definition) is 3. The SMILES string of the molecule is O=C(NC1CCCCC1)C(=O)c1c(C(F)(F)F)n(Cc2ccc(Cl)cc2Cl)c2ccc(O)cc12. The largest absolute Gasteiger partial charge is 0.508 e. The molecule has 0 bridgehead atoms. The van der Waals surface area contributed by atoms with E-state index >= 15 is 0 Å². The minimum absolute atomic E-state index is 0.0324. The third kappa shape index (κ3) is 4.88. The summed E-state index contributed by atoms with van der Waals surface area (Å²) in [5.74, 6) is -2.72. The normalized spacial score (nSPS) is 15.0. The maximum atomic E-state index is 14.4. The molecule has 1 fully saturated rings. The number of amides is 1. The Kier molecular flexibility index (Phi) is 6.82. The summed E-state index contributed by atoms with van der Waals surface area (Å²) in [5.41, 5.74) is -1.70. The quantitative estimate of drug-likeness (QED) is 0.309. The highest BCUT2D eigenvalue weighted by molar-refractivity contribution is 6.45. The molecule has 180 valence electrons. The van der Waals surface area contributed by atoms with E-state index in [2.05, 4.69) is 5.32 Å². The Morgan fingerprint density at radius 1 is 1.06 bits per heavy atom. The number of carbonyl (C=O) groups is 2. The molecule has 1 aliphatic rings. The van der Waals surface area contributed by atoms with Gasteiger partial charge >= 0.3 is 6.18 Å². The van der Waals surface area contributed by atoms with Crippen LogP contribution in [-0.4, -0.2) is 27.4 Å². The average Bonchev–Trinajstić information content (AvgIpc) is 3.09. The second-order valence-electron chi connectivity index (χ2n) is 8.38. The Labute approximate surface area is 203 Å². The molecular formula is C24H21Cl2F3N2O3. The molecule has 5 nitrogen and oxygen atoms in total. The number of benzene rings is 2. The zero-order valence-corrected chi connectivity index (χ0v) is 19.4. The van der Waals surface area contributed by atoms with Crippen LogP contribution in [0.3, 0.4) is 0 Å². The number of alkyl halides is 3. The lowest BCUT2D eigenvalue weighted by Gasteiger charge is -2.22. The van der Waals surface area contributed by atoms with Crippen molar-refractivity contribution in [1.29, 1.82) is 0 Å². The van der Waals surface area contributed by atoms with Gasteiger partial charge in [-0.2, -0.15) is 13.2 Å². The van der Waals surface area contributed by atoms with Crippen LogP contribution in [0.5, 0.6) is 5.75 Å². The molecule has 10 heteroatoms. The van der Waals surface area contributed by atoms with Crippen LogP contribution >= 0.6 is 23.2 Å². The molecule has 2 N–H and O–H groups in total. The summed E-state index contributed by atoms with van der Waals surface area (Å²) < 4.78 is 44.0. The summed E-state index contributed by atoms with van der Waals surface area (Å²) in [6.07, 6.45) is -0.863. The minimum Gasteiger partial charge on any atom is -0.508 e. The highest BCUT2D eigenvalue weighted by Gasteiger charge is 2.43. The molecule has 1 aliphatic carbocycles. The zero-order chi connectivity index (χ0) is 24.6. The number of ketones is 1.